The molecule has 1 saturated heterocycles. The van der Waals surface area contributed by atoms with Crippen LogP contribution in [-0.4, -0.2) is 51.1 Å². The minimum Gasteiger partial charge on any atom is -0.492 e. The second kappa shape index (κ2) is 6.82. The van der Waals surface area contributed by atoms with Crippen LogP contribution in [0.2, 0.25) is 0 Å². The summed E-state index contributed by atoms with van der Waals surface area (Å²) in [5, 5.41) is 0. The molecular formula is C18H25NO3. The van der Waals surface area contributed by atoms with Gasteiger partial charge in [0.2, 0.25) is 0 Å². The maximum absolute atomic E-state index is 5.76. The van der Waals surface area contributed by atoms with Crippen molar-refractivity contribution >= 4 is 5.57 Å². The molecule has 1 aliphatic carbocycles. The van der Waals surface area contributed by atoms with Crippen LogP contribution >= 0.6 is 0 Å². The van der Waals surface area contributed by atoms with Crippen molar-refractivity contribution in [2.24, 2.45) is 0 Å². The molecule has 0 saturated carbocycles. The van der Waals surface area contributed by atoms with E-state index in [1.54, 1.807) is 0 Å². The van der Waals surface area contributed by atoms with Gasteiger partial charge in [0.1, 0.15) is 12.4 Å². The van der Waals surface area contributed by atoms with Crippen molar-refractivity contribution in [1.82, 2.24) is 4.90 Å². The van der Waals surface area contributed by atoms with E-state index >= 15 is 0 Å². The van der Waals surface area contributed by atoms with Gasteiger partial charge in [0.15, 0.2) is 5.79 Å². The molecule has 1 aromatic rings. The lowest BCUT2D eigenvalue weighted by atomic mass is 9.90. The molecule has 0 amide bonds. The number of ether oxygens (including phenoxy) is 3. The van der Waals surface area contributed by atoms with Gasteiger partial charge in [-0.2, -0.15) is 0 Å². The molecule has 22 heavy (non-hydrogen) atoms. The third-order valence-electron chi connectivity index (χ3n) is 4.28. The molecule has 4 heteroatoms. The van der Waals surface area contributed by atoms with Crippen LogP contribution in [0.4, 0.5) is 0 Å². The second-order valence-electron chi connectivity index (χ2n) is 6.22. The molecule has 0 atom stereocenters. The lowest BCUT2D eigenvalue weighted by Gasteiger charge is -2.30. The van der Waals surface area contributed by atoms with Crippen LogP contribution < -0.4 is 4.74 Å². The Morgan fingerprint density at radius 3 is 2.45 bits per heavy atom. The fourth-order valence-corrected chi connectivity index (χ4v) is 2.94. The molecule has 120 valence electrons. The topological polar surface area (TPSA) is 30.9 Å². The number of hydrogen-bond acceptors (Lipinski definition) is 4. The Balaban J connectivity index is 1.58. The molecule has 0 aromatic heterocycles. The number of allylic oxidation sites excluding steroid dienone is 1. The van der Waals surface area contributed by atoms with E-state index < -0.39 is 0 Å². The van der Waals surface area contributed by atoms with Crippen LogP contribution in [0, 0.1) is 0 Å². The predicted molar refractivity (Wildman–Crippen MR) is 87.0 cm³/mol. The molecule has 1 heterocycles. The van der Waals surface area contributed by atoms with Crippen molar-refractivity contribution in [3.63, 3.8) is 0 Å². The van der Waals surface area contributed by atoms with Crippen LogP contribution in [0.3, 0.4) is 0 Å². The number of rotatable bonds is 5. The third-order valence-corrected chi connectivity index (χ3v) is 4.28. The number of nitrogens with zero attached hydrogens (tertiary/aromatic N) is 1. The first-order valence-electron chi connectivity index (χ1n) is 8.02. The van der Waals surface area contributed by atoms with Gasteiger partial charge in [-0.3, -0.25) is 0 Å². The van der Waals surface area contributed by atoms with E-state index in [2.05, 4.69) is 35.2 Å². The summed E-state index contributed by atoms with van der Waals surface area (Å²) in [7, 11) is 4.10. The van der Waals surface area contributed by atoms with Crippen molar-refractivity contribution in [3.05, 3.63) is 35.9 Å². The largest absolute Gasteiger partial charge is 0.492 e. The first-order valence-corrected chi connectivity index (χ1v) is 8.02. The molecule has 0 bridgehead atoms. The van der Waals surface area contributed by atoms with Gasteiger partial charge in [-0.05, 0) is 43.8 Å². The minimum absolute atomic E-state index is 0.335. The van der Waals surface area contributed by atoms with Crippen LogP contribution in [-0.2, 0) is 9.47 Å². The van der Waals surface area contributed by atoms with Crippen molar-refractivity contribution < 1.29 is 14.2 Å². The summed E-state index contributed by atoms with van der Waals surface area (Å²) in [5.74, 6) is 0.597. The van der Waals surface area contributed by atoms with Crippen LogP contribution in [0.5, 0.6) is 5.75 Å². The molecule has 0 N–H and O–H groups in total. The zero-order chi connectivity index (χ0) is 15.4. The summed E-state index contributed by atoms with van der Waals surface area (Å²) in [4.78, 5) is 2.12. The monoisotopic (exact) mass is 303 g/mol. The maximum atomic E-state index is 5.76. The first-order chi connectivity index (χ1) is 10.7. The van der Waals surface area contributed by atoms with E-state index in [1.807, 2.05) is 14.1 Å². The highest BCUT2D eigenvalue weighted by molar-refractivity contribution is 5.67. The van der Waals surface area contributed by atoms with E-state index in [0.29, 0.717) is 6.61 Å². The third kappa shape index (κ3) is 3.69. The van der Waals surface area contributed by atoms with Crippen molar-refractivity contribution in [2.75, 3.05) is 40.5 Å². The lowest BCUT2D eigenvalue weighted by molar-refractivity contribution is -0.159. The molecule has 0 unspecified atom stereocenters. The average molecular weight is 303 g/mol. The van der Waals surface area contributed by atoms with E-state index in [4.69, 9.17) is 14.2 Å². The summed E-state index contributed by atoms with van der Waals surface area (Å²) in [6.45, 7) is 3.09. The van der Waals surface area contributed by atoms with Gasteiger partial charge in [0.25, 0.3) is 0 Å². The Morgan fingerprint density at radius 1 is 1.14 bits per heavy atom. The van der Waals surface area contributed by atoms with Crippen LogP contribution in [0.25, 0.3) is 5.57 Å². The van der Waals surface area contributed by atoms with Gasteiger partial charge in [-0.1, -0.05) is 18.2 Å². The molecule has 3 rings (SSSR count). The van der Waals surface area contributed by atoms with Crippen LogP contribution in [0.1, 0.15) is 24.8 Å². The molecule has 4 nitrogen and oxygen atoms in total. The Labute approximate surface area is 132 Å². The summed E-state index contributed by atoms with van der Waals surface area (Å²) < 4.78 is 17.2. The first kappa shape index (κ1) is 15.5. The zero-order valence-electron chi connectivity index (χ0n) is 13.5. The highest BCUT2D eigenvalue weighted by Crippen LogP contribution is 2.38. The second-order valence-corrected chi connectivity index (χ2v) is 6.22. The summed E-state index contributed by atoms with van der Waals surface area (Å²) >= 11 is 0. The SMILES string of the molecule is CN(C)CCOc1ccc(C2=CCC3(CC2)OCCO3)cc1. The van der Waals surface area contributed by atoms with Crippen molar-refractivity contribution in [1.29, 1.82) is 0 Å². The quantitative estimate of drug-likeness (QED) is 0.837. The summed E-state index contributed by atoms with van der Waals surface area (Å²) in [5.41, 5.74) is 2.65. The lowest BCUT2D eigenvalue weighted by Crippen LogP contribution is -2.31. The fraction of sp³-hybridized carbons (Fsp3) is 0.556. The molecule has 2 aliphatic rings. The minimum atomic E-state index is -0.335. The molecule has 0 radical (unpaired) electrons. The average Bonchev–Trinajstić information content (AvgIpc) is 2.97. The van der Waals surface area contributed by atoms with E-state index in [1.165, 1.54) is 11.1 Å². The Bertz CT molecular complexity index is 516. The Kier molecular flexibility index (Phi) is 4.81. The van der Waals surface area contributed by atoms with Crippen molar-refractivity contribution in [2.45, 2.75) is 25.0 Å². The highest BCUT2D eigenvalue weighted by Gasteiger charge is 2.37. The molecular weight excluding hydrogens is 278 g/mol. The van der Waals surface area contributed by atoms with Gasteiger partial charge in [0.05, 0.1) is 13.2 Å². The zero-order valence-corrected chi connectivity index (χ0v) is 13.5. The van der Waals surface area contributed by atoms with E-state index in [9.17, 15) is 0 Å². The van der Waals surface area contributed by atoms with Gasteiger partial charge in [0, 0.05) is 19.4 Å². The standard InChI is InChI=1S/C18H25NO3/c1-19(2)11-12-20-17-5-3-15(4-6-17)16-7-9-18(10-8-16)21-13-14-22-18/h3-7H,8-14H2,1-2H3. The van der Waals surface area contributed by atoms with Crippen LogP contribution in [0.15, 0.2) is 30.3 Å². The van der Waals surface area contributed by atoms with Gasteiger partial charge in [-0.25, -0.2) is 0 Å². The molecule has 1 fully saturated rings. The van der Waals surface area contributed by atoms with E-state index in [-0.39, 0.29) is 5.79 Å². The maximum Gasteiger partial charge on any atom is 0.172 e. The van der Waals surface area contributed by atoms with Gasteiger partial charge < -0.3 is 19.1 Å². The number of hydrogen-bond donors (Lipinski definition) is 0. The molecule has 1 spiro atoms. The number of benzene rings is 1. The van der Waals surface area contributed by atoms with E-state index in [0.717, 1.165) is 44.8 Å². The van der Waals surface area contributed by atoms with Gasteiger partial charge >= 0.3 is 0 Å². The summed E-state index contributed by atoms with van der Waals surface area (Å²) in [6.07, 6.45) is 5.06. The molecule has 1 aromatic carbocycles. The van der Waals surface area contributed by atoms with Gasteiger partial charge in [-0.15, -0.1) is 0 Å². The Morgan fingerprint density at radius 2 is 1.86 bits per heavy atom. The smallest absolute Gasteiger partial charge is 0.172 e. The molecule has 1 aliphatic heterocycles. The Hall–Kier alpha value is -1.36. The normalized spacial score (nSPS) is 20.4. The highest BCUT2D eigenvalue weighted by atomic mass is 16.7. The predicted octanol–water partition coefficient (Wildman–Crippen LogP) is 2.94. The van der Waals surface area contributed by atoms with Crippen molar-refractivity contribution in [3.8, 4) is 5.75 Å². The summed E-state index contributed by atoms with van der Waals surface area (Å²) in [6, 6.07) is 8.40. The number of likely N-dealkylation sites (N-methyl/N-ethyl adjacent to an activating group) is 1. The fourth-order valence-electron chi connectivity index (χ4n) is 2.94.